The number of rotatable bonds is 4. The van der Waals surface area contributed by atoms with Crippen LogP contribution in [0.3, 0.4) is 0 Å². The first-order valence-corrected chi connectivity index (χ1v) is 6.98. The van der Waals surface area contributed by atoms with Crippen molar-refractivity contribution in [2.75, 3.05) is 0 Å². The van der Waals surface area contributed by atoms with Crippen LogP contribution in [0.1, 0.15) is 15.9 Å². The lowest BCUT2D eigenvalue weighted by atomic mass is 10.2. The van der Waals surface area contributed by atoms with E-state index < -0.39 is 4.92 Å². The lowest BCUT2D eigenvalue weighted by molar-refractivity contribution is -0.385. The van der Waals surface area contributed by atoms with Crippen molar-refractivity contribution < 1.29 is 14.5 Å². The van der Waals surface area contributed by atoms with Crippen LogP contribution in [-0.4, -0.2) is 15.8 Å². The van der Waals surface area contributed by atoms with Gasteiger partial charge < -0.3 is 9.30 Å². The first kappa shape index (κ1) is 14.8. The van der Waals surface area contributed by atoms with Gasteiger partial charge in [-0.05, 0) is 24.6 Å². The van der Waals surface area contributed by atoms with Gasteiger partial charge in [0.05, 0.1) is 16.0 Å². The molecule has 6 nitrogen and oxygen atoms in total. The number of fused-ring (bicyclic) bond motifs is 1. The molecule has 0 saturated carbocycles. The Labute approximate surface area is 132 Å². The summed E-state index contributed by atoms with van der Waals surface area (Å²) in [6.07, 6.45) is 0.706. The van der Waals surface area contributed by atoms with Crippen molar-refractivity contribution in [2.24, 2.45) is 7.05 Å². The summed E-state index contributed by atoms with van der Waals surface area (Å²) in [6, 6.07) is 12.1. The molecule has 0 aliphatic rings. The van der Waals surface area contributed by atoms with Gasteiger partial charge in [0.25, 0.3) is 0 Å². The summed E-state index contributed by atoms with van der Waals surface area (Å²) in [4.78, 5) is 22.2. The van der Waals surface area contributed by atoms with Crippen LogP contribution < -0.4 is 4.74 Å². The lowest BCUT2D eigenvalue weighted by Crippen LogP contribution is -1.99. The van der Waals surface area contributed by atoms with E-state index in [1.807, 2.05) is 24.3 Å². The Morgan fingerprint density at radius 3 is 2.65 bits per heavy atom. The van der Waals surface area contributed by atoms with Gasteiger partial charge in [0, 0.05) is 18.5 Å². The summed E-state index contributed by atoms with van der Waals surface area (Å²) in [5.41, 5.74) is 1.82. The quantitative estimate of drug-likeness (QED) is 0.415. The average molecular weight is 310 g/mol. The largest absolute Gasteiger partial charge is 0.433 e. The minimum atomic E-state index is -0.494. The predicted molar refractivity (Wildman–Crippen MR) is 86.2 cm³/mol. The number of carbonyl (C=O) groups excluding carboxylic acids is 1. The molecule has 0 unspecified atom stereocenters. The molecule has 0 atom stereocenters. The number of aryl methyl sites for hydroxylation is 2. The van der Waals surface area contributed by atoms with Gasteiger partial charge >= 0.3 is 5.69 Å². The zero-order valence-electron chi connectivity index (χ0n) is 12.6. The second-order valence-corrected chi connectivity index (χ2v) is 5.24. The highest BCUT2D eigenvalue weighted by Crippen LogP contribution is 2.37. The molecule has 1 heterocycles. The summed E-state index contributed by atoms with van der Waals surface area (Å²) in [5.74, 6) is 0.391. The van der Waals surface area contributed by atoms with Crippen LogP contribution in [0.5, 0.6) is 11.6 Å². The summed E-state index contributed by atoms with van der Waals surface area (Å²) in [5, 5.41) is 12.0. The van der Waals surface area contributed by atoms with Gasteiger partial charge in [0.2, 0.25) is 11.6 Å². The van der Waals surface area contributed by atoms with Crippen molar-refractivity contribution in [3.63, 3.8) is 0 Å². The van der Waals surface area contributed by atoms with Crippen molar-refractivity contribution in [3.8, 4) is 11.6 Å². The van der Waals surface area contributed by atoms with E-state index in [4.69, 9.17) is 4.74 Å². The van der Waals surface area contributed by atoms with Crippen LogP contribution in [0.25, 0.3) is 10.9 Å². The monoisotopic (exact) mass is 310 g/mol. The minimum Gasteiger partial charge on any atom is -0.433 e. The Hall–Kier alpha value is -3.15. The standard InChI is InChI=1S/C17H14N2O4/c1-11-7-8-16(15(9-11)19(21)22)23-17-13(10-20)12-5-3-4-6-14(12)18(17)2/h3-10H,1-2H3. The highest BCUT2D eigenvalue weighted by Gasteiger charge is 2.21. The molecule has 6 heteroatoms. The number of para-hydroxylation sites is 1. The second kappa shape index (κ2) is 5.57. The molecule has 0 spiro atoms. The Balaban J connectivity index is 2.18. The average Bonchev–Trinajstić information content (AvgIpc) is 2.81. The van der Waals surface area contributed by atoms with Crippen LogP contribution in [-0.2, 0) is 7.05 Å². The Kier molecular flexibility index (Phi) is 3.57. The molecule has 23 heavy (non-hydrogen) atoms. The number of nitro benzene ring substituents is 1. The number of hydrogen-bond acceptors (Lipinski definition) is 4. The van der Waals surface area contributed by atoms with Crippen molar-refractivity contribution in [1.29, 1.82) is 0 Å². The fourth-order valence-electron chi connectivity index (χ4n) is 2.60. The van der Waals surface area contributed by atoms with Crippen molar-refractivity contribution >= 4 is 22.9 Å². The highest BCUT2D eigenvalue weighted by atomic mass is 16.6. The highest BCUT2D eigenvalue weighted by molar-refractivity contribution is 6.01. The number of nitro groups is 1. The van der Waals surface area contributed by atoms with E-state index in [0.29, 0.717) is 11.8 Å². The van der Waals surface area contributed by atoms with Crippen molar-refractivity contribution in [3.05, 3.63) is 63.7 Å². The molecule has 0 aliphatic heterocycles. The van der Waals surface area contributed by atoms with Gasteiger partial charge in [-0.3, -0.25) is 14.9 Å². The number of nitrogens with zero attached hydrogens (tertiary/aromatic N) is 2. The minimum absolute atomic E-state index is 0.106. The van der Waals surface area contributed by atoms with Crippen LogP contribution in [0.4, 0.5) is 5.69 Å². The van der Waals surface area contributed by atoms with Gasteiger partial charge in [-0.15, -0.1) is 0 Å². The molecular formula is C17H14N2O4. The lowest BCUT2D eigenvalue weighted by Gasteiger charge is -2.09. The van der Waals surface area contributed by atoms with Crippen LogP contribution >= 0.6 is 0 Å². The van der Waals surface area contributed by atoms with E-state index in [1.54, 1.807) is 30.7 Å². The van der Waals surface area contributed by atoms with Crippen molar-refractivity contribution in [1.82, 2.24) is 4.57 Å². The Morgan fingerprint density at radius 1 is 1.22 bits per heavy atom. The summed E-state index contributed by atoms with van der Waals surface area (Å²) in [6.45, 7) is 1.77. The molecule has 0 radical (unpaired) electrons. The van der Waals surface area contributed by atoms with Crippen LogP contribution in [0.15, 0.2) is 42.5 Å². The predicted octanol–water partition coefficient (Wildman–Crippen LogP) is 4.00. The number of aldehydes is 1. The van der Waals surface area contributed by atoms with Gasteiger partial charge in [-0.1, -0.05) is 24.3 Å². The molecular weight excluding hydrogens is 296 g/mol. The summed E-state index contributed by atoms with van der Waals surface area (Å²) < 4.78 is 7.46. The first-order chi connectivity index (χ1) is 11.0. The summed E-state index contributed by atoms with van der Waals surface area (Å²) >= 11 is 0. The zero-order chi connectivity index (χ0) is 16.6. The Morgan fingerprint density at radius 2 is 1.96 bits per heavy atom. The second-order valence-electron chi connectivity index (χ2n) is 5.24. The molecule has 0 N–H and O–H groups in total. The van der Waals surface area contributed by atoms with E-state index in [1.165, 1.54) is 6.07 Å². The summed E-state index contributed by atoms with van der Waals surface area (Å²) in [7, 11) is 1.75. The molecule has 0 bridgehead atoms. The first-order valence-electron chi connectivity index (χ1n) is 6.98. The van der Waals surface area contributed by atoms with Crippen molar-refractivity contribution in [2.45, 2.75) is 6.92 Å². The topological polar surface area (TPSA) is 74.4 Å². The van der Waals surface area contributed by atoms with E-state index >= 15 is 0 Å². The van der Waals surface area contributed by atoms with E-state index in [0.717, 1.165) is 16.5 Å². The maximum absolute atomic E-state index is 11.5. The molecule has 0 saturated heterocycles. The third-order valence-electron chi connectivity index (χ3n) is 3.73. The smallest absolute Gasteiger partial charge is 0.311 e. The number of hydrogen-bond donors (Lipinski definition) is 0. The van der Waals surface area contributed by atoms with Crippen LogP contribution in [0.2, 0.25) is 0 Å². The number of ether oxygens (including phenoxy) is 1. The third kappa shape index (κ3) is 2.44. The van der Waals surface area contributed by atoms with Gasteiger partial charge in [-0.25, -0.2) is 0 Å². The molecule has 1 aromatic heterocycles. The van der Waals surface area contributed by atoms with Gasteiger partial charge in [0.1, 0.15) is 0 Å². The van der Waals surface area contributed by atoms with E-state index in [2.05, 4.69) is 0 Å². The third-order valence-corrected chi connectivity index (χ3v) is 3.73. The number of carbonyl (C=O) groups is 1. The molecule has 0 fully saturated rings. The fraction of sp³-hybridized carbons (Fsp3) is 0.118. The van der Waals surface area contributed by atoms with Crippen LogP contribution in [0, 0.1) is 17.0 Å². The Bertz CT molecular complexity index is 928. The van der Waals surface area contributed by atoms with Gasteiger partial charge in [-0.2, -0.15) is 0 Å². The van der Waals surface area contributed by atoms with Gasteiger partial charge in [0.15, 0.2) is 6.29 Å². The molecule has 2 aromatic carbocycles. The number of aromatic nitrogens is 1. The zero-order valence-corrected chi connectivity index (χ0v) is 12.6. The molecule has 0 aliphatic carbocycles. The maximum atomic E-state index is 11.5. The van der Waals surface area contributed by atoms with E-state index in [-0.39, 0.29) is 17.3 Å². The number of benzene rings is 2. The molecule has 0 amide bonds. The SMILES string of the molecule is Cc1ccc(Oc2c(C=O)c3ccccc3n2C)c([N+](=O)[O-])c1. The molecule has 3 aromatic rings. The van der Waals surface area contributed by atoms with E-state index in [9.17, 15) is 14.9 Å². The molecule has 3 rings (SSSR count). The normalized spacial score (nSPS) is 10.7. The maximum Gasteiger partial charge on any atom is 0.311 e. The fourth-order valence-corrected chi connectivity index (χ4v) is 2.60. The molecule has 116 valence electrons.